The number of nitrogens with one attached hydrogen (secondary N) is 2. The third-order valence-corrected chi connectivity index (χ3v) is 2.32. The standard InChI is InChI=1S/C11H11ClF2N2O3/c1-5(4-17)15-10(18)11(19)16-9-7(13)2-6(12)3-8(9)14/h2-3,5,17H,4H2,1H3,(H,15,18)(H,16,19). The maximum absolute atomic E-state index is 13.4. The molecule has 5 nitrogen and oxygen atoms in total. The van der Waals surface area contributed by atoms with Crippen LogP contribution in [-0.4, -0.2) is 29.6 Å². The molecule has 8 heteroatoms. The molecule has 2 amide bonds. The Hall–Kier alpha value is -1.73. The molecule has 1 unspecified atom stereocenters. The van der Waals surface area contributed by atoms with Gasteiger partial charge in [-0.25, -0.2) is 8.78 Å². The van der Waals surface area contributed by atoms with Gasteiger partial charge in [0.05, 0.1) is 6.61 Å². The van der Waals surface area contributed by atoms with Crippen LogP contribution >= 0.6 is 11.6 Å². The van der Waals surface area contributed by atoms with Gasteiger partial charge in [0, 0.05) is 11.1 Å². The summed E-state index contributed by atoms with van der Waals surface area (Å²) < 4.78 is 26.7. The summed E-state index contributed by atoms with van der Waals surface area (Å²) >= 11 is 5.41. The maximum Gasteiger partial charge on any atom is 0.313 e. The number of hydrogen-bond donors (Lipinski definition) is 3. The molecule has 104 valence electrons. The highest BCUT2D eigenvalue weighted by Gasteiger charge is 2.20. The van der Waals surface area contributed by atoms with Crippen LogP contribution in [0.4, 0.5) is 14.5 Å². The molecule has 3 N–H and O–H groups in total. The van der Waals surface area contributed by atoms with Crippen LogP contribution in [0.25, 0.3) is 0 Å². The van der Waals surface area contributed by atoms with Crippen molar-refractivity contribution >= 4 is 29.1 Å². The highest BCUT2D eigenvalue weighted by atomic mass is 35.5. The fraction of sp³-hybridized carbons (Fsp3) is 0.273. The van der Waals surface area contributed by atoms with Gasteiger partial charge in [0.2, 0.25) is 0 Å². The highest BCUT2D eigenvalue weighted by molar-refractivity contribution is 6.39. The van der Waals surface area contributed by atoms with Gasteiger partial charge in [0.1, 0.15) is 5.69 Å². The van der Waals surface area contributed by atoms with Crippen molar-refractivity contribution in [3.05, 3.63) is 28.8 Å². The minimum absolute atomic E-state index is 0.175. The zero-order chi connectivity index (χ0) is 14.6. The second-order valence-electron chi connectivity index (χ2n) is 3.76. The first kappa shape index (κ1) is 15.3. The first-order valence-electron chi connectivity index (χ1n) is 5.22. The SMILES string of the molecule is CC(CO)NC(=O)C(=O)Nc1c(F)cc(Cl)cc1F. The molecule has 0 saturated heterocycles. The monoisotopic (exact) mass is 292 g/mol. The molecule has 0 bridgehead atoms. The van der Waals surface area contributed by atoms with Crippen molar-refractivity contribution in [2.75, 3.05) is 11.9 Å². The average molecular weight is 293 g/mol. The van der Waals surface area contributed by atoms with Crippen LogP contribution < -0.4 is 10.6 Å². The smallest absolute Gasteiger partial charge is 0.313 e. The van der Waals surface area contributed by atoms with Crippen LogP contribution in [0.5, 0.6) is 0 Å². The van der Waals surface area contributed by atoms with Gasteiger partial charge in [0.25, 0.3) is 0 Å². The molecule has 1 rings (SSSR count). The second kappa shape index (κ2) is 6.44. The van der Waals surface area contributed by atoms with Crippen molar-refractivity contribution in [1.29, 1.82) is 0 Å². The molecule has 19 heavy (non-hydrogen) atoms. The van der Waals surface area contributed by atoms with Gasteiger partial charge >= 0.3 is 11.8 Å². The van der Waals surface area contributed by atoms with Crippen molar-refractivity contribution in [3.63, 3.8) is 0 Å². The second-order valence-corrected chi connectivity index (χ2v) is 4.19. The lowest BCUT2D eigenvalue weighted by atomic mass is 10.2. The lowest BCUT2D eigenvalue weighted by Gasteiger charge is -2.11. The number of carbonyl (C=O) groups excluding carboxylic acids is 2. The van der Waals surface area contributed by atoms with E-state index in [1.54, 1.807) is 5.32 Å². The van der Waals surface area contributed by atoms with Crippen molar-refractivity contribution in [3.8, 4) is 0 Å². The number of aliphatic hydroxyl groups is 1. The van der Waals surface area contributed by atoms with Gasteiger partial charge in [-0.05, 0) is 19.1 Å². The van der Waals surface area contributed by atoms with E-state index < -0.39 is 35.2 Å². The first-order valence-corrected chi connectivity index (χ1v) is 5.60. The number of rotatable bonds is 3. The zero-order valence-electron chi connectivity index (χ0n) is 9.84. The molecule has 0 aliphatic rings. The van der Waals surface area contributed by atoms with Gasteiger partial charge in [-0.1, -0.05) is 11.6 Å². The summed E-state index contributed by atoms with van der Waals surface area (Å²) in [4.78, 5) is 22.7. The Morgan fingerprint density at radius 3 is 2.32 bits per heavy atom. The predicted molar refractivity (Wildman–Crippen MR) is 64.7 cm³/mol. The lowest BCUT2D eigenvalue weighted by molar-refractivity contribution is -0.136. The van der Waals surface area contributed by atoms with Crippen molar-refractivity contribution in [2.24, 2.45) is 0 Å². The first-order chi connectivity index (χ1) is 8.85. The number of amides is 2. The average Bonchev–Trinajstić information content (AvgIpc) is 2.32. The number of benzene rings is 1. The van der Waals surface area contributed by atoms with Gasteiger partial charge in [0.15, 0.2) is 11.6 Å². The van der Waals surface area contributed by atoms with Gasteiger partial charge in [-0.3, -0.25) is 9.59 Å². The Morgan fingerprint density at radius 2 is 1.84 bits per heavy atom. The van der Waals surface area contributed by atoms with Gasteiger partial charge in [-0.15, -0.1) is 0 Å². The number of hydrogen-bond acceptors (Lipinski definition) is 3. The van der Waals surface area contributed by atoms with Crippen LogP contribution in [0, 0.1) is 11.6 Å². The Kier molecular flexibility index (Phi) is 5.20. The summed E-state index contributed by atoms with van der Waals surface area (Å²) in [6.45, 7) is 1.08. The van der Waals surface area contributed by atoms with Crippen LogP contribution in [0.2, 0.25) is 5.02 Å². The van der Waals surface area contributed by atoms with E-state index in [1.807, 2.05) is 0 Å². The Balaban J connectivity index is 2.80. The van der Waals surface area contributed by atoms with Crippen LogP contribution in [0.15, 0.2) is 12.1 Å². The van der Waals surface area contributed by atoms with Crippen LogP contribution in [-0.2, 0) is 9.59 Å². The van der Waals surface area contributed by atoms with Gasteiger partial charge in [-0.2, -0.15) is 0 Å². The minimum Gasteiger partial charge on any atom is -0.394 e. The molecule has 0 saturated carbocycles. The Bertz CT molecular complexity index is 488. The Labute approximate surface area is 112 Å². The summed E-state index contributed by atoms with van der Waals surface area (Å²) in [5.74, 6) is -4.56. The predicted octanol–water partition coefficient (Wildman–Crippen LogP) is 1.05. The van der Waals surface area contributed by atoms with Crippen molar-refractivity contribution in [1.82, 2.24) is 5.32 Å². The fourth-order valence-corrected chi connectivity index (χ4v) is 1.36. The Morgan fingerprint density at radius 1 is 1.32 bits per heavy atom. The summed E-state index contributed by atoms with van der Waals surface area (Å²) in [7, 11) is 0. The number of halogens is 3. The van der Waals surface area contributed by atoms with Crippen LogP contribution in [0.1, 0.15) is 6.92 Å². The van der Waals surface area contributed by atoms with Crippen LogP contribution in [0.3, 0.4) is 0 Å². The topological polar surface area (TPSA) is 78.4 Å². The van der Waals surface area contributed by atoms with E-state index in [9.17, 15) is 18.4 Å². The lowest BCUT2D eigenvalue weighted by Crippen LogP contribution is -2.42. The molecule has 0 aliphatic heterocycles. The molecule has 0 fully saturated rings. The summed E-state index contributed by atoms with van der Waals surface area (Å²) in [6, 6.07) is 0.946. The third kappa shape index (κ3) is 4.15. The van der Waals surface area contributed by atoms with Crippen molar-refractivity contribution in [2.45, 2.75) is 13.0 Å². The molecular weight excluding hydrogens is 282 g/mol. The summed E-state index contributed by atoms with van der Waals surface area (Å²) in [5, 5.41) is 12.4. The third-order valence-electron chi connectivity index (χ3n) is 2.10. The van der Waals surface area contributed by atoms with Gasteiger partial charge < -0.3 is 15.7 Å². The van der Waals surface area contributed by atoms with E-state index in [1.165, 1.54) is 6.92 Å². The molecule has 1 aromatic rings. The van der Waals surface area contributed by atoms with Crippen molar-refractivity contribution < 1.29 is 23.5 Å². The molecule has 0 heterocycles. The zero-order valence-corrected chi connectivity index (χ0v) is 10.6. The summed E-state index contributed by atoms with van der Waals surface area (Å²) in [6.07, 6.45) is 0. The summed E-state index contributed by atoms with van der Waals surface area (Å²) in [5.41, 5.74) is -0.763. The molecular formula is C11H11ClF2N2O3. The molecule has 0 aromatic heterocycles. The quantitative estimate of drug-likeness (QED) is 0.729. The number of anilines is 1. The maximum atomic E-state index is 13.4. The van der Waals surface area contributed by atoms with E-state index in [4.69, 9.17) is 16.7 Å². The molecule has 0 radical (unpaired) electrons. The van der Waals surface area contributed by atoms with E-state index in [-0.39, 0.29) is 11.6 Å². The van der Waals surface area contributed by atoms with E-state index >= 15 is 0 Å². The molecule has 0 spiro atoms. The molecule has 0 aliphatic carbocycles. The fourth-order valence-electron chi connectivity index (χ4n) is 1.17. The number of aliphatic hydroxyl groups excluding tert-OH is 1. The highest BCUT2D eigenvalue weighted by Crippen LogP contribution is 2.23. The van der Waals surface area contributed by atoms with E-state index in [0.29, 0.717) is 0 Å². The minimum atomic E-state index is -1.25. The number of carbonyl (C=O) groups is 2. The molecule has 1 atom stereocenters. The normalized spacial score (nSPS) is 11.8. The molecule has 1 aromatic carbocycles. The largest absolute Gasteiger partial charge is 0.394 e. The van der Waals surface area contributed by atoms with E-state index in [2.05, 4.69) is 5.32 Å². The van der Waals surface area contributed by atoms with E-state index in [0.717, 1.165) is 12.1 Å².